The summed E-state index contributed by atoms with van der Waals surface area (Å²) in [5.41, 5.74) is 1.17. The Morgan fingerprint density at radius 2 is 1.92 bits per heavy atom. The quantitative estimate of drug-likeness (QED) is 0.719. The maximum absolute atomic E-state index is 12.7. The number of esters is 1. The fourth-order valence-corrected chi connectivity index (χ4v) is 4.35. The van der Waals surface area contributed by atoms with Gasteiger partial charge >= 0.3 is 12.1 Å². The molecule has 1 aromatic rings. The van der Waals surface area contributed by atoms with Crippen molar-refractivity contribution in [2.24, 2.45) is 5.41 Å². The maximum Gasteiger partial charge on any atom is 0.410 e. The summed E-state index contributed by atoms with van der Waals surface area (Å²) in [6.45, 7) is 8.84. The van der Waals surface area contributed by atoms with Crippen LogP contribution < -0.4 is 5.56 Å². The average Bonchev–Trinajstić information content (AvgIpc) is 2.81. The van der Waals surface area contributed by atoms with Crippen LogP contribution in [0.4, 0.5) is 4.79 Å². The standard InChI is InChI=1S/C19H24N2O5/c1-11-7-21(15(22)13-8-25-16(23)14(11)13)12-5-19(6-12)9-20(10-19)17(24)26-18(2,3)4/h7,12H,5-6,8-10H2,1-4H3. The van der Waals surface area contributed by atoms with Crippen molar-refractivity contribution >= 4 is 12.1 Å². The molecule has 1 saturated carbocycles. The van der Waals surface area contributed by atoms with E-state index in [-0.39, 0.29) is 29.7 Å². The van der Waals surface area contributed by atoms with Crippen molar-refractivity contribution in [1.82, 2.24) is 9.47 Å². The highest BCUT2D eigenvalue weighted by atomic mass is 16.6. The third kappa shape index (κ3) is 2.61. The number of aryl methyl sites for hydroxylation is 1. The highest BCUT2D eigenvalue weighted by molar-refractivity contribution is 5.94. The Bertz CT molecular complexity index is 850. The van der Waals surface area contributed by atoms with Crippen LogP contribution in [0.2, 0.25) is 0 Å². The van der Waals surface area contributed by atoms with E-state index < -0.39 is 11.6 Å². The lowest BCUT2D eigenvalue weighted by Gasteiger charge is -2.58. The van der Waals surface area contributed by atoms with E-state index in [1.54, 1.807) is 15.7 Å². The summed E-state index contributed by atoms with van der Waals surface area (Å²) in [5.74, 6) is -0.404. The molecule has 1 aliphatic carbocycles. The van der Waals surface area contributed by atoms with Crippen LogP contribution in [0.15, 0.2) is 11.0 Å². The zero-order chi connectivity index (χ0) is 18.9. The second-order valence-corrected chi connectivity index (χ2v) is 8.85. The Balaban J connectivity index is 1.43. The molecule has 2 fully saturated rings. The second kappa shape index (κ2) is 5.34. The monoisotopic (exact) mass is 360 g/mol. The van der Waals surface area contributed by atoms with Crippen molar-refractivity contribution < 1.29 is 19.1 Å². The minimum atomic E-state index is -0.489. The summed E-state index contributed by atoms with van der Waals surface area (Å²) >= 11 is 0. The number of fused-ring (bicyclic) bond motifs is 1. The summed E-state index contributed by atoms with van der Waals surface area (Å²) in [4.78, 5) is 38.2. The molecule has 1 aromatic heterocycles. The third-order valence-electron chi connectivity index (χ3n) is 5.51. The fraction of sp³-hybridized carbons (Fsp3) is 0.632. The first kappa shape index (κ1) is 17.1. The van der Waals surface area contributed by atoms with Gasteiger partial charge in [0.05, 0.1) is 11.1 Å². The van der Waals surface area contributed by atoms with Crippen molar-refractivity contribution in [3.8, 4) is 0 Å². The number of likely N-dealkylation sites (tertiary alicyclic amines) is 1. The predicted molar refractivity (Wildman–Crippen MR) is 93.1 cm³/mol. The number of carbonyl (C=O) groups is 2. The Hall–Kier alpha value is -2.31. The lowest BCUT2D eigenvalue weighted by Crippen LogP contribution is -2.64. The first-order valence-electron chi connectivity index (χ1n) is 8.98. The van der Waals surface area contributed by atoms with Gasteiger partial charge in [0.1, 0.15) is 12.2 Å². The molecular formula is C19H24N2O5. The lowest BCUT2D eigenvalue weighted by atomic mass is 9.60. The van der Waals surface area contributed by atoms with Gasteiger partial charge in [0.15, 0.2) is 0 Å². The number of amides is 1. The Morgan fingerprint density at radius 1 is 1.27 bits per heavy atom. The van der Waals surface area contributed by atoms with Crippen LogP contribution in [-0.4, -0.2) is 40.2 Å². The average molecular weight is 360 g/mol. The van der Waals surface area contributed by atoms with Crippen LogP contribution >= 0.6 is 0 Å². The van der Waals surface area contributed by atoms with Crippen LogP contribution in [0.25, 0.3) is 0 Å². The molecule has 140 valence electrons. The van der Waals surface area contributed by atoms with Crippen LogP contribution in [0.3, 0.4) is 0 Å². The van der Waals surface area contributed by atoms with E-state index in [0.717, 1.165) is 18.4 Å². The summed E-state index contributed by atoms with van der Waals surface area (Å²) in [5, 5.41) is 0. The number of cyclic esters (lactones) is 1. The molecule has 1 saturated heterocycles. The topological polar surface area (TPSA) is 77.8 Å². The van der Waals surface area contributed by atoms with Gasteiger partial charge in [-0.3, -0.25) is 4.79 Å². The number of pyridine rings is 1. The molecule has 1 spiro atoms. The minimum absolute atomic E-state index is 0.0684. The number of carbonyl (C=O) groups excluding carboxylic acids is 2. The number of rotatable bonds is 1. The molecule has 3 heterocycles. The molecule has 2 aliphatic heterocycles. The van der Waals surface area contributed by atoms with Gasteiger partial charge in [-0.05, 0) is 46.1 Å². The Labute approximate surface area is 151 Å². The van der Waals surface area contributed by atoms with Gasteiger partial charge < -0.3 is 18.9 Å². The second-order valence-electron chi connectivity index (χ2n) is 8.85. The third-order valence-corrected chi connectivity index (χ3v) is 5.51. The van der Waals surface area contributed by atoms with Crippen molar-refractivity contribution in [2.75, 3.05) is 13.1 Å². The summed E-state index contributed by atoms with van der Waals surface area (Å²) in [7, 11) is 0. The molecule has 7 nitrogen and oxygen atoms in total. The van der Waals surface area contributed by atoms with Gasteiger partial charge in [0, 0.05) is 30.7 Å². The molecule has 26 heavy (non-hydrogen) atoms. The molecule has 0 atom stereocenters. The van der Waals surface area contributed by atoms with E-state index in [1.165, 1.54) is 0 Å². The lowest BCUT2D eigenvalue weighted by molar-refractivity contribution is -0.0913. The van der Waals surface area contributed by atoms with E-state index in [0.29, 0.717) is 24.2 Å². The molecule has 0 unspecified atom stereocenters. The van der Waals surface area contributed by atoms with Crippen LogP contribution in [0, 0.1) is 12.3 Å². The Morgan fingerprint density at radius 3 is 2.54 bits per heavy atom. The number of hydrogen-bond donors (Lipinski definition) is 0. The molecule has 7 heteroatoms. The van der Waals surface area contributed by atoms with Gasteiger partial charge in [-0.1, -0.05) is 0 Å². The fourth-order valence-electron chi connectivity index (χ4n) is 4.35. The minimum Gasteiger partial charge on any atom is -0.457 e. The molecule has 4 rings (SSSR count). The molecule has 0 bridgehead atoms. The summed E-state index contributed by atoms with van der Waals surface area (Å²) in [6, 6.07) is 0.114. The van der Waals surface area contributed by atoms with Gasteiger partial charge in [-0.15, -0.1) is 0 Å². The van der Waals surface area contributed by atoms with Gasteiger partial charge in [-0.2, -0.15) is 0 Å². The smallest absolute Gasteiger partial charge is 0.410 e. The van der Waals surface area contributed by atoms with E-state index in [1.807, 2.05) is 27.7 Å². The SMILES string of the molecule is Cc1cn(C2CC3(C2)CN(C(=O)OC(C)(C)C)C3)c(=O)c2c1C(=O)OC2. The summed E-state index contributed by atoms with van der Waals surface area (Å²) < 4.78 is 12.2. The van der Waals surface area contributed by atoms with Crippen LogP contribution in [0.1, 0.15) is 61.1 Å². The molecule has 0 radical (unpaired) electrons. The molecule has 1 amide bonds. The van der Waals surface area contributed by atoms with Crippen molar-refractivity contribution in [1.29, 1.82) is 0 Å². The highest BCUT2D eigenvalue weighted by Gasteiger charge is 2.55. The first-order chi connectivity index (χ1) is 12.1. The number of ether oxygens (including phenoxy) is 2. The number of nitrogens with zero attached hydrogens (tertiary/aromatic N) is 2. The summed E-state index contributed by atoms with van der Waals surface area (Å²) in [6.07, 6.45) is 3.22. The van der Waals surface area contributed by atoms with E-state index in [4.69, 9.17) is 9.47 Å². The zero-order valence-electron chi connectivity index (χ0n) is 15.6. The van der Waals surface area contributed by atoms with E-state index in [2.05, 4.69) is 0 Å². The molecular weight excluding hydrogens is 336 g/mol. The molecule has 0 N–H and O–H groups in total. The predicted octanol–water partition coefficient (Wildman–Crippen LogP) is 2.40. The largest absolute Gasteiger partial charge is 0.457 e. The van der Waals surface area contributed by atoms with Crippen LogP contribution in [-0.2, 0) is 16.1 Å². The zero-order valence-corrected chi connectivity index (χ0v) is 15.6. The number of aromatic nitrogens is 1. The van der Waals surface area contributed by atoms with Crippen molar-refractivity contribution in [3.05, 3.63) is 33.2 Å². The van der Waals surface area contributed by atoms with E-state index in [9.17, 15) is 14.4 Å². The van der Waals surface area contributed by atoms with Gasteiger partial charge in [-0.25, -0.2) is 9.59 Å². The van der Waals surface area contributed by atoms with Gasteiger partial charge in [0.2, 0.25) is 0 Å². The highest BCUT2D eigenvalue weighted by Crippen LogP contribution is 2.54. The normalized spacial score (nSPS) is 21.1. The first-order valence-corrected chi connectivity index (χ1v) is 8.98. The molecule has 0 aromatic carbocycles. The maximum atomic E-state index is 12.7. The van der Waals surface area contributed by atoms with Gasteiger partial charge in [0.25, 0.3) is 5.56 Å². The molecule has 3 aliphatic rings. The van der Waals surface area contributed by atoms with Crippen molar-refractivity contribution in [2.45, 2.75) is 58.8 Å². The van der Waals surface area contributed by atoms with Crippen molar-refractivity contribution in [3.63, 3.8) is 0 Å². The number of hydrogen-bond acceptors (Lipinski definition) is 5. The van der Waals surface area contributed by atoms with E-state index >= 15 is 0 Å². The van der Waals surface area contributed by atoms with Crippen LogP contribution in [0.5, 0.6) is 0 Å². The Kier molecular flexibility index (Phi) is 3.52.